The fourth-order valence-electron chi connectivity index (χ4n) is 6.73. The van der Waals surface area contributed by atoms with Crippen LogP contribution in [0.5, 0.6) is 0 Å². The molecular weight excluding hydrogens is 357 g/mol. The minimum absolute atomic E-state index is 0.124. The molecule has 0 nitrogen and oxygen atoms in total. The fourth-order valence-corrected chi connectivity index (χ4v) is 6.73. The first kappa shape index (κ1) is 22.2. The molecule has 0 aromatic carbocycles. The second-order valence-corrected chi connectivity index (χ2v) is 10.1. The molecule has 0 heterocycles. The molecule has 0 spiro atoms. The summed E-state index contributed by atoms with van der Waals surface area (Å²) < 4.78 is 41.3. The van der Waals surface area contributed by atoms with Crippen molar-refractivity contribution < 1.29 is 13.2 Å². The van der Waals surface area contributed by atoms with Gasteiger partial charge >= 0.3 is 6.18 Å². The van der Waals surface area contributed by atoms with E-state index in [-0.39, 0.29) is 23.8 Å². The SMILES string of the molecule is CCCC1CCC(C2CCC(C3=C(C(F)(F)F)CC(CCC)CC3)CC2)CC1. The number of alkyl halides is 3. The quantitative estimate of drug-likeness (QED) is 0.392. The fraction of sp³-hybridized carbons (Fsp3) is 0.920. The topological polar surface area (TPSA) is 0 Å². The van der Waals surface area contributed by atoms with Crippen LogP contribution in [0, 0.1) is 29.6 Å². The molecule has 0 N–H and O–H groups in total. The molecule has 0 aromatic rings. The molecule has 2 saturated carbocycles. The first-order valence-corrected chi connectivity index (χ1v) is 12.2. The van der Waals surface area contributed by atoms with E-state index in [1.807, 2.05) is 0 Å². The van der Waals surface area contributed by atoms with Crippen LogP contribution < -0.4 is 0 Å². The van der Waals surface area contributed by atoms with E-state index < -0.39 is 6.18 Å². The molecule has 3 rings (SSSR count). The third-order valence-corrected chi connectivity index (χ3v) is 8.26. The summed E-state index contributed by atoms with van der Waals surface area (Å²) in [7, 11) is 0. The summed E-state index contributed by atoms with van der Waals surface area (Å²) >= 11 is 0. The van der Waals surface area contributed by atoms with Crippen molar-refractivity contribution in [3.63, 3.8) is 0 Å². The molecule has 2 fully saturated rings. The molecule has 162 valence electrons. The number of hydrogen-bond donors (Lipinski definition) is 0. The summed E-state index contributed by atoms with van der Waals surface area (Å²) in [5, 5.41) is 0. The lowest BCUT2D eigenvalue weighted by Gasteiger charge is -2.40. The van der Waals surface area contributed by atoms with Crippen molar-refractivity contribution in [1.29, 1.82) is 0 Å². The van der Waals surface area contributed by atoms with Gasteiger partial charge in [-0.15, -0.1) is 0 Å². The highest BCUT2D eigenvalue weighted by Crippen LogP contribution is 2.49. The molecule has 1 unspecified atom stereocenters. The molecule has 0 saturated heterocycles. The monoisotopic (exact) mass is 398 g/mol. The lowest BCUT2D eigenvalue weighted by Crippen LogP contribution is -2.29. The van der Waals surface area contributed by atoms with Crippen LogP contribution in [0.25, 0.3) is 0 Å². The van der Waals surface area contributed by atoms with E-state index in [9.17, 15) is 13.2 Å². The average Bonchev–Trinajstić information content (AvgIpc) is 2.69. The number of hydrogen-bond acceptors (Lipinski definition) is 0. The van der Waals surface area contributed by atoms with E-state index in [1.165, 1.54) is 51.4 Å². The Morgan fingerprint density at radius 3 is 1.79 bits per heavy atom. The first-order chi connectivity index (χ1) is 13.4. The van der Waals surface area contributed by atoms with Crippen LogP contribution in [-0.4, -0.2) is 6.18 Å². The highest BCUT2D eigenvalue weighted by atomic mass is 19.4. The Morgan fingerprint density at radius 1 is 0.714 bits per heavy atom. The van der Waals surface area contributed by atoms with Gasteiger partial charge in [-0.2, -0.15) is 13.2 Å². The van der Waals surface area contributed by atoms with Crippen LogP contribution in [-0.2, 0) is 0 Å². The zero-order chi connectivity index (χ0) is 20.1. The standard InChI is InChI=1S/C25H41F3/c1-3-5-18-7-10-20(11-8-18)21-12-14-22(15-13-21)23-16-9-19(6-4-2)17-24(23)25(26,27)28/h18-22H,3-17H2,1-2H3. The van der Waals surface area contributed by atoms with Crippen LogP contribution in [0.1, 0.15) is 110 Å². The Hall–Kier alpha value is -0.470. The largest absolute Gasteiger partial charge is 0.412 e. The molecule has 1 atom stereocenters. The van der Waals surface area contributed by atoms with E-state index in [1.54, 1.807) is 0 Å². The second-order valence-electron chi connectivity index (χ2n) is 10.1. The lowest BCUT2D eigenvalue weighted by molar-refractivity contribution is -0.0984. The zero-order valence-electron chi connectivity index (χ0n) is 18.1. The summed E-state index contributed by atoms with van der Waals surface area (Å²) in [6.07, 6.45) is 12.3. The predicted molar refractivity (Wildman–Crippen MR) is 111 cm³/mol. The average molecular weight is 399 g/mol. The molecule has 0 aliphatic heterocycles. The molecule has 0 radical (unpaired) electrons. The van der Waals surface area contributed by atoms with Crippen molar-refractivity contribution in [1.82, 2.24) is 0 Å². The number of halogens is 3. The normalized spacial score (nSPS) is 35.2. The number of rotatable bonds is 6. The highest BCUT2D eigenvalue weighted by molar-refractivity contribution is 5.25. The van der Waals surface area contributed by atoms with Gasteiger partial charge < -0.3 is 0 Å². The maximum absolute atomic E-state index is 13.8. The maximum atomic E-state index is 13.8. The van der Waals surface area contributed by atoms with E-state index in [0.29, 0.717) is 6.42 Å². The minimum Gasteiger partial charge on any atom is -0.166 e. The molecule has 28 heavy (non-hydrogen) atoms. The van der Waals surface area contributed by atoms with Crippen molar-refractivity contribution >= 4 is 0 Å². The van der Waals surface area contributed by atoms with Gasteiger partial charge in [0.15, 0.2) is 0 Å². The van der Waals surface area contributed by atoms with Crippen molar-refractivity contribution in [2.45, 2.75) is 116 Å². The van der Waals surface area contributed by atoms with Crippen molar-refractivity contribution in [3.05, 3.63) is 11.1 Å². The van der Waals surface area contributed by atoms with Crippen LogP contribution >= 0.6 is 0 Å². The molecule has 3 heteroatoms. The maximum Gasteiger partial charge on any atom is 0.412 e. The van der Waals surface area contributed by atoms with Crippen LogP contribution in [0.15, 0.2) is 11.1 Å². The van der Waals surface area contributed by atoms with E-state index in [4.69, 9.17) is 0 Å². The van der Waals surface area contributed by atoms with Gasteiger partial charge in [0.1, 0.15) is 0 Å². The zero-order valence-corrected chi connectivity index (χ0v) is 18.1. The summed E-state index contributed by atoms with van der Waals surface area (Å²) in [6, 6.07) is 0. The van der Waals surface area contributed by atoms with Gasteiger partial charge in [0.2, 0.25) is 0 Å². The third-order valence-electron chi connectivity index (χ3n) is 8.26. The Labute approximate surface area is 170 Å². The van der Waals surface area contributed by atoms with Crippen LogP contribution in [0.2, 0.25) is 0 Å². The molecular formula is C25H41F3. The van der Waals surface area contributed by atoms with Gasteiger partial charge in [-0.05, 0) is 87.4 Å². The van der Waals surface area contributed by atoms with Crippen molar-refractivity contribution in [2.24, 2.45) is 29.6 Å². The Kier molecular flexibility index (Phi) is 7.96. The number of allylic oxidation sites excluding steroid dienone is 2. The van der Waals surface area contributed by atoms with E-state index in [0.717, 1.165) is 55.4 Å². The minimum atomic E-state index is -4.11. The summed E-state index contributed by atoms with van der Waals surface area (Å²) in [5.74, 6) is 3.04. The van der Waals surface area contributed by atoms with Gasteiger partial charge in [0.25, 0.3) is 0 Å². The molecule has 0 aromatic heterocycles. The van der Waals surface area contributed by atoms with E-state index in [2.05, 4.69) is 13.8 Å². The molecule has 0 bridgehead atoms. The van der Waals surface area contributed by atoms with Gasteiger partial charge in [-0.25, -0.2) is 0 Å². The summed E-state index contributed by atoms with van der Waals surface area (Å²) in [4.78, 5) is 0. The predicted octanol–water partition coefficient (Wildman–Crippen LogP) is 8.86. The van der Waals surface area contributed by atoms with Crippen LogP contribution in [0.3, 0.4) is 0 Å². The van der Waals surface area contributed by atoms with Crippen molar-refractivity contribution in [2.75, 3.05) is 0 Å². The Balaban J connectivity index is 1.57. The molecule has 3 aliphatic carbocycles. The first-order valence-electron chi connectivity index (χ1n) is 12.2. The summed E-state index contributed by atoms with van der Waals surface area (Å²) in [6.45, 7) is 4.37. The van der Waals surface area contributed by atoms with Crippen LogP contribution in [0.4, 0.5) is 13.2 Å². The molecule has 0 amide bonds. The van der Waals surface area contributed by atoms with Gasteiger partial charge in [-0.3, -0.25) is 0 Å². The summed E-state index contributed by atoms with van der Waals surface area (Å²) in [5.41, 5.74) is 0.686. The highest BCUT2D eigenvalue weighted by Gasteiger charge is 2.42. The van der Waals surface area contributed by atoms with Gasteiger partial charge in [0, 0.05) is 5.57 Å². The third kappa shape index (κ3) is 5.57. The Morgan fingerprint density at radius 2 is 1.25 bits per heavy atom. The lowest BCUT2D eigenvalue weighted by atomic mass is 9.66. The Bertz CT molecular complexity index is 502. The second kappa shape index (κ2) is 10.0. The van der Waals surface area contributed by atoms with E-state index >= 15 is 0 Å². The van der Waals surface area contributed by atoms with Gasteiger partial charge in [-0.1, -0.05) is 57.9 Å². The van der Waals surface area contributed by atoms with Gasteiger partial charge in [0.05, 0.1) is 0 Å². The smallest absolute Gasteiger partial charge is 0.166 e. The molecule has 3 aliphatic rings. The van der Waals surface area contributed by atoms with Crippen molar-refractivity contribution in [3.8, 4) is 0 Å².